The molecule has 4 aromatic rings. The molecule has 46 heavy (non-hydrogen) atoms. The number of unbranched alkanes of at least 4 members (excludes halogenated alkanes) is 1. The molecule has 6 rings (SSSR count). The lowest BCUT2D eigenvalue weighted by Gasteiger charge is -2.21. The van der Waals surface area contributed by atoms with E-state index in [9.17, 15) is 4.79 Å². The zero-order valence-electron chi connectivity index (χ0n) is 26.4. The number of carbonyl (C=O) groups excluding carboxylic acids is 1. The molecular weight excluding hydrogens is 566 g/mol. The summed E-state index contributed by atoms with van der Waals surface area (Å²) < 4.78 is 6.07. The highest BCUT2D eigenvalue weighted by Gasteiger charge is 2.23. The lowest BCUT2D eigenvalue weighted by atomic mass is 10.0. The molecule has 2 aliphatic rings. The van der Waals surface area contributed by atoms with Gasteiger partial charge in [-0.2, -0.15) is 0 Å². The van der Waals surface area contributed by atoms with Crippen LogP contribution in [0, 0.1) is 5.92 Å². The predicted octanol–water partition coefficient (Wildman–Crippen LogP) is 9.28. The molecule has 0 fully saturated rings. The van der Waals surface area contributed by atoms with Gasteiger partial charge in [0.05, 0.1) is 12.2 Å². The summed E-state index contributed by atoms with van der Waals surface area (Å²) >= 11 is 0. The summed E-state index contributed by atoms with van der Waals surface area (Å²) in [6.45, 7) is 5.01. The second-order valence-electron chi connectivity index (χ2n) is 11.6. The van der Waals surface area contributed by atoms with Gasteiger partial charge in [0.25, 0.3) is 0 Å². The van der Waals surface area contributed by atoms with Gasteiger partial charge in [-0.1, -0.05) is 142 Å². The average molecular weight is 606 g/mol. The number of ketones is 1. The van der Waals surface area contributed by atoms with Crippen LogP contribution in [0.15, 0.2) is 155 Å². The van der Waals surface area contributed by atoms with Crippen LogP contribution >= 0.6 is 0 Å². The molecule has 1 heterocycles. The molecule has 0 radical (unpaired) electrons. The molecule has 0 saturated heterocycles. The van der Waals surface area contributed by atoms with Crippen molar-refractivity contribution in [3.63, 3.8) is 0 Å². The quantitative estimate of drug-likeness (QED) is 0.173. The first kappa shape index (κ1) is 30.7. The summed E-state index contributed by atoms with van der Waals surface area (Å²) in [7, 11) is 0. The second kappa shape index (κ2) is 14.7. The fourth-order valence-electron chi connectivity index (χ4n) is 5.59. The summed E-state index contributed by atoms with van der Waals surface area (Å²) in [4.78, 5) is 23.3. The fourth-order valence-corrected chi connectivity index (χ4v) is 5.59. The van der Waals surface area contributed by atoms with Gasteiger partial charge in [-0.15, -0.1) is 0 Å². The van der Waals surface area contributed by atoms with E-state index in [0.717, 1.165) is 46.2 Å². The first-order valence-electron chi connectivity index (χ1n) is 16.2. The van der Waals surface area contributed by atoms with Gasteiger partial charge >= 0.3 is 0 Å². The Balaban J connectivity index is 1.30. The Morgan fingerprint density at radius 2 is 1.24 bits per heavy atom. The highest BCUT2D eigenvalue weighted by molar-refractivity contribution is 6.16. The maximum Gasteiger partial charge on any atom is 0.193 e. The number of rotatable bonds is 11. The van der Waals surface area contributed by atoms with E-state index >= 15 is 0 Å². The molecule has 0 saturated carbocycles. The van der Waals surface area contributed by atoms with Crippen molar-refractivity contribution in [2.75, 3.05) is 6.61 Å². The predicted molar refractivity (Wildman–Crippen MR) is 188 cm³/mol. The molecular formula is C41H39N3O2. The maximum atomic E-state index is 13.5. The fraction of sp³-hybridized carbons (Fsp3) is 0.195. The third kappa shape index (κ3) is 7.32. The molecule has 230 valence electrons. The molecule has 1 atom stereocenters. The van der Waals surface area contributed by atoms with Crippen molar-refractivity contribution >= 4 is 17.5 Å². The Bertz CT molecular complexity index is 1810. The topological polar surface area (TPSA) is 63.0 Å². The average Bonchev–Trinajstić information content (AvgIpc) is 3.12. The summed E-state index contributed by atoms with van der Waals surface area (Å²) in [6, 6.07) is 37.0. The molecule has 1 aliphatic carbocycles. The maximum absolute atomic E-state index is 13.5. The Labute approximate surface area is 271 Å². The SMILES string of the molecule is CCCCC(CC)COC1=CC(=O)/C(=C2/N=C(c3ccc(-c4ccccc4)cc3)N=C(c3ccc(-c4ccccc4)cc3)N2)C=C1. The van der Waals surface area contributed by atoms with Crippen molar-refractivity contribution in [1.82, 2.24) is 5.32 Å². The van der Waals surface area contributed by atoms with Crippen LogP contribution in [-0.2, 0) is 9.53 Å². The molecule has 4 aromatic carbocycles. The highest BCUT2D eigenvalue weighted by atomic mass is 16.5. The van der Waals surface area contributed by atoms with Crippen LogP contribution in [0.3, 0.4) is 0 Å². The minimum atomic E-state index is -0.148. The molecule has 0 spiro atoms. The Hall–Kier alpha value is -5.29. The molecule has 5 nitrogen and oxygen atoms in total. The highest BCUT2D eigenvalue weighted by Crippen LogP contribution is 2.25. The molecule has 1 aliphatic heterocycles. The van der Waals surface area contributed by atoms with Crippen molar-refractivity contribution < 1.29 is 9.53 Å². The molecule has 0 bridgehead atoms. The minimum absolute atomic E-state index is 0.148. The molecule has 1 N–H and O–H groups in total. The minimum Gasteiger partial charge on any atom is -0.493 e. The van der Waals surface area contributed by atoms with Crippen LogP contribution in [0.5, 0.6) is 0 Å². The third-order valence-electron chi connectivity index (χ3n) is 8.43. The van der Waals surface area contributed by atoms with Crippen molar-refractivity contribution in [3.8, 4) is 22.3 Å². The zero-order valence-corrected chi connectivity index (χ0v) is 26.4. The summed E-state index contributed by atoms with van der Waals surface area (Å²) in [6.07, 6.45) is 9.78. The smallest absolute Gasteiger partial charge is 0.193 e. The number of carbonyl (C=O) groups is 1. The zero-order chi connectivity index (χ0) is 31.7. The van der Waals surface area contributed by atoms with E-state index in [-0.39, 0.29) is 5.78 Å². The van der Waals surface area contributed by atoms with E-state index in [1.54, 1.807) is 12.2 Å². The van der Waals surface area contributed by atoms with Crippen molar-refractivity contribution in [2.24, 2.45) is 15.9 Å². The first-order chi connectivity index (χ1) is 22.6. The van der Waals surface area contributed by atoms with E-state index in [1.165, 1.54) is 12.8 Å². The first-order valence-corrected chi connectivity index (χ1v) is 16.2. The van der Waals surface area contributed by atoms with Crippen LogP contribution in [0.4, 0.5) is 0 Å². The van der Waals surface area contributed by atoms with E-state index in [4.69, 9.17) is 14.7 Å². The van der Waals surface area contributed by atoms with E-state index in [1.807, 2.05) is 66.7 Å². The van der Waals surface area contributed by atoms with Gasteiger partial charge in [-0.25, -0.2) is 9.98 Å². The van der Waals surface area contributed by atoms with Gasteiger partial charge in [0.15, 0.2) is 11.6 Å². The van der Waals surface area contributed by atoms with Crippen LogP contribution in [-0.4, -0.2) is 24.1 Å². The molecule has 5 heteroatoms. The molecule has 0 aromatic heterocycles. The summed E-state index contributed by atoms with van der Waals surface area (Å²) in [5.41, 5.74) is 6.75. The van der Waals surface area contributed by atoms with Gasteiger partial charge in [0, 0.05) is 17.2 Å². The summed E-state index contributed by atoms with van der Waals surface area (Å²) in [5.74, 6) is 2.56. The Morgan fingerprint density at radius 3 is 1.80 bits per heavy atom. The number of nitrogens with zero attached hydrogens (tertiary/aromatic N) is 2. The Morgan fingerprint density at radius 1 is 0.674 bits per heavy atom. The van der Waals surface area contributed by atoms with Gasteiger partial charge in [0.2, 0.25) is 0 Å². The van der Waals surface area contributed by atoms with Crippen LogP contribution in [0.1, 0.15) is 50.7 Å². The summed E-state index contributed by atoms with van der Waals surface area (Å²) in [5, 5.41) is 3.36. The number of aliphatic imine (C=N–C) groups is 2. The molecule has 1 unspecified atom stereocenters. The number of hydrogen-bond acceptors (Lipinski definition) is 5. The normalized spacial score (nSPS) is 16.7. The number of allylic oxidation sites excluding steroid dienone is 4. The second-order valence-corrected chi connectivity index (χ2v) is 11.6. The van der Waals surface area contributed by atoms with E-state index in [2.05, 4.69) is 67.7 Å². The van der Waals surface area contributed by atoms with Crippen LogP contribution in [0.2, 0.25) is 0 Å². The van der Waals surface area contributed by atoms with Crippen LogP contribution in [0.25, 0.3) is 22.3 Å². The van der Waals surface area contributed by atoms with Crippen molar-refractivity contribution in [2.45, 2.75) is 39.5 Å². The lowest BCUT2D eigenvalue weighted by Crippen LogP contribution is -2.31. The number of nitrogens with one attached hydrogen (secondary N) is 1. The largest absolute Gasteiger partial charge is 0.493 e. The standard InChI is InChI=1S/C41H39N3O2/c1-3-5-12-29(4-2)28-46-36-25-26-37(38(45)27-36)41-43-39(34-21-17-32(18-22-34)30-13-8-6-9-14-30)42-40(44-41)35-23-19-33(20-24-35)31-15-10-7-11-16-31/h6-11,13-27,29H,3-5,12,28H2,1-2H3,(H,42,43,44). The van der Waals surface area contributed by atoms with Gasteiger partial charge in [-0.05, 0) is 46.7 Å². The Kier molecular flexibility index (Phi) is 9.79. The number of benzene rings is 4. The number of hydrogen-bond donors (Lipinski definition) is 1. The molecule has 0 amide bonds. The third-order valence-corrected chi connectivity index (χ3v) is 8.43. The van der Waals surface area contributed by atoms with Crippen molar-refractivity contribution in [3.05, 3.63) is 156 Å². The van der Waals surface area contributed by atoms with Gasteiger partial charge in [-0.3, -0.25) is 4.79 Å². The lowest BCUT2D eigenvalue weighted by molar-refractivity contribution is -0.111. The number of amidine groups is 2. The van der Waals surface area contributed by atoms with E-state index in [0.29, 0.717) is 41.3 Å². The van der Waals surface area contributed by atoms with E-state index < -0.39 is 0 Å². The van der Waals surface area contributed by atoms with Crippen molar-refractivity contribution in [1.29, 1.82) is 0 Å². The van der Waals surface area contributed by atoms with Gasteiger partial charge < -0.3 is 10.1 Å². The number of ether oxygens (including phenoxy) is 1. The van der Waals surface area contributed by atoms with Gasteiger partial charge in [0.1, 0.15) is 17.4 Å². The van der Waals surface area contributed by atoms with Crippen LogP contribution < -0.4 is 5.32 Å². The monoisotopic (exact) mass is 605 g/mol.